The maximum atomic E-state index is 13.1. The zero-order valence-electron chi connectivity index (χ0n) is 19.6. The number of benzene rings is 2. The summed E-state index contributed by atoms with van der Waals surface area (Å²) in [5.41, 5.74) is 0.978. The molecule has 0 radical (unpaired) electrons. The van der Waals surface area contributed by atoms with Gasteiger partial charge in [0.15, 0.2) is 11.5 Å². The van der Waals surface area contributed by atoms with E-state index in [0.717, 1.165) is 12.8 Å². The maximum absolute atomic E-state index is 13.1. The van der Waals surface area contributed by atoms with Gasteiger partial charge in [-0.1, -0.05) is 6.07 Å². The monoisotopic (exact) mass is 479 g/mol. The molecule has 2 N–H and O–H groups in total. The van der Waals surface area contributed by atoms with Crippen LogP contribution in [0.1, 0.15) is 46.4 Å². The number of nitrogens with zero attached hydrogens (tertiary/aromatic N) is 1. The van der Waals surface area contributed by atoms with Crippen LogP contribution in [-0.4, -0.2) is 61.7 Å². The van der Waals surface area contributed by atoms with Gasteiger partial charge in [0.1, 0.15) is 11.8 Å². The van der Waals surface area contributed by atoms with E-state index in [9.17, 15) is 14.4 Å². The van der Waals surface area contributed by atoms with Crippen molar-refractivity contribution in [1.29, 1.82) is 0 Å². The summed E-state index contributed by atoms with van der Waals surface area (Å²) in [6.45, 7) is 1.14. The number of fused-ring (bicyclic) bond motifs is 1. The topological polar surface area (TPSA) is 106 Å². The Hall–Kier alpha value is -3.75. The van der Waals surface area contributed by atoms with Crippen LogP contribution in [0.25, 0.3) is 0 Å². The number of rotatable bonds is 7. The van der Waals surface area contributed by atoms with Gasteiger partial charge in [-0.05, 0) is 68.0 Å². The number of nitrogens with one attached hydrogen (secondary N) is 2. The van der Waals surface area contributed by atoms with Crippen molar-refractivity contribution in [3.8, 4) is 17.2 Å². The molecule has 2 aromatic carbocycles. The number of carbonyl (C=O) groups is 3. The van der Waals surface area contributed by atoms with Gasteiger partial charge in [0.25, 0.3) is 11.8 Å². The zero-order valence-corrected chi connectivity index (χ0v) is 19.6. The van der Waals surface area contributed by atoms with Gasteiger partial charge in [0.2, 0.25) is 12.7 Å². The van der Waals surface area contributed by atoms with E-state index in [0.29, 0.717) is 54.3 Å². The molecule has 2 aromatic rings. The Morgan fingerprint density at radius 1 is 0.971 bits per heavy atom. The number of hydrogen-bond donors (Lipinski definition) is 2. The van der Waals surface area contributed by atoms with E-state index in [1.807, 2.05) is 0 Å². The van der Waals surface area contributed by atoms with Crippen LogP contribution >= 0.6 is 0 Å². The first kappa shape index (κ1) is 23.0. The second-order valence-electron chi connectivity index (χ2n) is 9.16. The number of amides is 3. The summed E-state index contributed by atoms with van der Waals surface area (Å²) < 4.78 is 15.9. The standard InChI is InChI=1S/C26H29N3O6/c1-33-20-4-2-3-18(13-20)26(32)29-11-9-16(10-12-29)23(25(31)27-19-6-7-19)28-24(30)17-5-8-21-22(14-17)35-15-34-21/h2-5,8,13-14,16,19,23H,6-7,9-12,15H2,1H3,(H,27,31)(H,28,30). The van der Waals surface area contributed by atoms with E-state index in [4.69, 9.17) is 14.2 Å². The minimum Gasteiger partial charge on any atom is -0.497 e. The highest BCUT2D eigenvalue weighted by Gasteiger charge is 2.36. The molecule has 0 bridgehead atoms. The summed E-state index contributed by atoms with van der Waals surface area (Å²) in [6, 6.07) is 11.6. The highest BCUT2D eigenvalue weighted by molar-refractivity contribution is 5.98. The molecule has 1 saturated heterocycles. The van der Waals surface area contributed by atoms with Crippen molar-refractivity contribution in [2.24, 2.45) is 5.92 Å². The molecule has 184 valence electrons. The van der Waals surface area contributed by atoms with Gasteiger partial charge in [-0.2, -0.15) is 0 Å². The van der Waals surface area contributed by atoms with Crippen molar-refractivity contribution in [3.05, 3.63) is 53.6 Å². The van der Waals surface area contributed by atoms with Gasteiger partial charge in [-0.25, -0.2) is 0 Å². The summed E-state index contributed by atoms with van der Waals surface area (Å²) in [7, 11) is 1.57. The Morgan fingerprint density at radius 2 is 1.74 bits per heavy atom. The van der Waals surface area contributed by atoms with Crippen molar-refractivity contribution in [2.75, 3.05) is 27.0 Å². The summed E-state index contributed by atoms with van der Waals surface area (Å²) in [6.07, 6.45) is 3.14. The second-order valence-corrected chi connectivity index (χ2v) is 9.16. The number of piperidine rings is 1. The van der Waals surface area contributed by atoms with Crippen LogP contribution < -0.4 is 24.8 Å². The number of hydrogen-bond acceptors (Lipinski definition) is 6. The SMILES string of the molecule is COc1cccc(C(=O)N2CCC(C(NC(=O)c3ccc4c(c3)OCO4)C(=O)NC3CC3)CC2)c1. The predicted molar refractivity (Wildman–Crippen MR) is 127 cm³/mol. The number of likely N-dealkylation sites (tertiary alicyclic amines) is 1. The molecule has 1 unspecified atom stereocenters. The normalized spacial score (nSPS) is 18.0. The molecule has 1 atom stereocenters. The minimum atomic E-state index is -0.678. The smallest absolute Gasteiger partial charge is 0.253 e. The molecule has 9 heteroatoms. The van der Waals surface area contributed by atoms with Crippen molar-refractivity contribution in [1.82, 2.24) is 15.5 Å². The highest BCUT2D eigenvalue weighted by Crippen LogP contribution is 2.33. The van der Waals surface area contributed by atoms with Gasteiger partial charge in [-0.15, -0.1) is 0 Å². The summed E-state index contributed by atoms with van der Waals surface area (Å²) >= 11 is 0. The average molecular weight is 480 g/mol. The lowest BCUT2D eigenvalue weighted by Crippen LogP contribution is -2.54. The summed E-state index contributed by atoms with van der Waals surface area (Å²) in [5, 5.41) is 5.98. The molecular formula is C26H29N3O6. The van der Waals surface area contributed by atoms with Crippen LogP contribution in [0.15, 0.2) is 42.5 Å². The lowest BCUT2D eigenvalue weighted by molar-refractivity contribution is -0.124. The molecule has 5 rings (SSSR count). The van der Waals surface area contributed by atoms with Gasteiger partial charge >= 0.3 is 0 Å². The van der Waals surface area contributed by atoms with Crippen LogP contribution in [0.5, 0.6) is 17.2 Å². The van der Waals surface area contributed by atoms with Crippen LogP contribution in [-0.2, 0) is 4.79 Å². The van der Waals surface area contributed by atoms with E-state index in [2.05, 4.69) is 10.6 Å². The Bertz CT molecular complexity index is 1120. The average Bonchev–Trinajstić information content (AvgIpc) is 3.58. The fourth-order valence-corrected chi connectivity index (χ4v) is 4.55. The minimum absolute atomic E-state index is 0.0641. The van der Waals surface area contributed by atoms with Gasteiger partial charge in [0, 0.05) is 30.3 Å². The summed E-state index contributed by atoms with van der Waals surface area (Å²) in [5.74, 6) is 1.09. The maximum Gasteiger partial charge on any atom is 0.253 e. The van der Waals surface area contributed by atoms with Gasteiger partial charge in [0.05, 0.1) is 7.11 Å². The lowest BCUT2D eigenvalue weighted by atomic mass is 9.88. The third-order valence-electron chi connectivity index (χ3n) is 6.74. The van der Waals surface area contributed by atoms with E-state index in [1.165, 1.54) is 0 Å². The fourth-order valence-electron chi connectivity index (χ4n) is 4.55. The third kappa shape index (κ3) is 5.18. The molecule has 9 nitrogen and oxygen atoms in total. The first-order chi connectivity index (χ1) is 17.0. The molecule has 35 heavy (non-hydrogen) atoms. The number of ether oxygens (including phenoxy) is 3. The van der Waals surface area contributed by atoms with E-state index >= 15 is 0 Å². The highest BCUT2D eigenvalue weighted by atomic mass is 16.7. The predicted octanol–water partition coefficient (Wildman–Crippen LogP) is 2.35. The van der Waals surface area contributed by atoms with Crippen LogP contribution in [0.2, 0.25) is 0 Å². The molecule has 0 spiro atoms. The van der Waals surface area contributed by atoms with Crippen molar-refractivity contribution in [3.63, 3.8) is 0 Å². The molecule has 2 heterocycles. The molecular weight excluding hydrogens is 450 g/mol. The van der Waals surface area contributed by atoms with E-state index < -0.39 is 6.04 Å². The zero-order chi connectivity index (χ0) is 24.4. The Balaban J connectivity index is 1.25. The lowest BCUT2D eigenvalue weighted by Gasteiger charge is -2.36. The molecule has 2 fully saturated rings. The largest absolute Gasteiger partial charge is 0.497 e. The first-order valence-corrected chi connectivity index (χ1v) is 12.0. The van der Waals surface area contributed by atoms with Crippen LogP contribution in [0, 0.1) is 5.92 Å². The number of carbonyl (C=O) groups excluding carboxylic acids is 3. The first-order valence-electron chi connectivity index (χ1n) is 12.0. The third-order valence-corrected chi connectivity index (χ3v) is 6.74. The molecule has 2 aliphatic heterocycles. The van der Waals surface area contributed by atoms with E-state index in [-0.39, 0.29) is 36.5 Å². The fraction of sp³-hybridized carbons (Fsp3) is 0.423. The van der Waals surface area contributed by atoms with Crippen LogP contribution in [0.3, 0.4) is 0 Å². The molecule has 3 amide bonds. The molecule has 1 saturated carbocycles. The Labute approximate surface area is 203 Å². The summed E-state index contributed by atoms with van der Waals surface area (Å²) in [4.78, 5) is 40.9. The quantitative estimate of drug-likeness (QED) is 0.632. The van der Waals surface area contributed by atoms with Crippen molar-refractivity contribution in [2.45, 2.75) is 37.8 Å². The van der Waals surface area contributed by atoms with Crippen molar-refractivity contribution >= 4 is 17.7 Å². The second kappa shape index (κ2) is 9.85. The van der Waals surface area contributed by atoms with Crippen LogP contribution in [0.4, 0.5) is 0 Å². The Morgan fingerprint density at radius 3 is 2.49 bits per heavy atom. The molecule has 1 aliphatic carbocycles. The molecule has 0 aromatic heterocycles. The Kier molecular flexibility index (Phi) is 6.48. The van der Waals surface area contributed by atoms with Gasteiger partial charge < -0.3 is 29.7 Å². The van der Waals surface area contributed by atoms with Crippen molar-refractivity contribution < 1.29 is 28.6 Å². The van der Waals surface area contributed by atoms with Gasteiger partial charge in [-0.3, -0.25) is 14.4 Å². The molecule has 3 aliphatic rings. The van der Waals surface area contributed by atoms with E-state index in [1.54, 1.807) is 54.5 Å². The number of methoxy groups -OCH3 is 1.